The first-order chi connectivity index (χ1) is 7.96. The second-order valence-electron chi connectivity index (χ2n) is 3.33. The van der Waals surface area contributed by atoms with Crippen LogP contribution in [0.3, 0.4) is 0 Å². The number of rotatable bonds is 2. The molecule has 0 fully saturated rings. The number of halogens is 3. The van der Waals surface area contributed by atoms with E-state index in [1.807, 2.05) is 0 Å². The zero-order valence-electron chi connectivity index (χ0n) is 8.45. The van der Waals surface area contributed by atoms with Crippen molar-refractivity contribution in [3.8, 4) is 5.95 Å². The van der Waals surface area contributed by atoms with Crippen LogP contribution in [-0.2, 0) is 0 Å². The quantitative estimate of drug-likeness (QED) is 0.815. The fourth-order valence-electron chi connectivity index (χ4n) is 1.31. The molecule has 2 rings (SSSR count). The minimum absolute atomic E-state index is 0.192. The third-order valence-corrected chi connectivity index (χ3v) is 1.99. The van der Waals surface area contributed by atoms with Crippen LogP contribution >= 0.6 is 0 Å². The van der Waals surface area contributed by atoms with Crippen molar-refractivity contribution in [1.29, 1.82) is 0 Å². The maximum Gasteiger partial charge on any atom is 0.422 e. The predicted octanol–water partition coefficient (Wildman–Crippen LogP) is 2.73. The zero-order valence-corrected chi connectivity index (χ0v) is 8.45. The lowest BCUT2D eigenvalue weighted by Gasteiger charge is -2.08. The van der Waals surface area contributed by atoms with Gasteiger partial charge in [-0.2, -0.15) is 13.2 Å². The van der Waals surface area contributed by atoms with E-state index in [0.717, 1.165) is 6.07 Å². The van der Waals surface area contributed by atoms with Crippen LogP contribution in [0.2, 0.25) is 0 Å². The van der Waals surface area contributed by atoms with E-state index in [9.17, 15) is 18.0 Å². The zero-order chi connectivity index (χ0) is 12.5. The van der Waals surface area contributed by atoms with E-state index in [4.69, 9.17) is 4.42 Å². The van der Waals surface area contributed by atoms with E-state index in [2.05, 4.69) is 4.74 Å². The van der Waals surface area contributed by atoms with Gasteiger partial charge in [0, 0.05) is 0 Å². The Kier molecular flexibility index (Phi) is 2.79. The minimum atomic E-state index is -4.47. The van der Waals surface area contributed by atoms with Crippen LogP contribution in [0.1, 0.15) is 0 Å². The molecule has 0 aliphatic carbocycles. The van der Waals surface area contributed by atoms with E-state index in [0.29, 0.717) is 5.39 Å². The lowest BCUT2D eigenvalue weighted by Crippen LogP contribution is -2.19. The number of ether oxygens (including phenoxy) is 1. The molecule has 17 heavy (non-hydrogen) atoms. The molecule has 0 bridgehead atoms. The summed E-state index contributed by atoms with van der Waals surface area (Å²) in [6.45, 7) is -1.49. The molecule has 1 aromatic heterocycles. The molecular formula is C11H7F3O3. The number of hydrogen-bond acceptors (Lipinski definition) is 3. The SMILES string of the molecule is O=c1cc(OCC(F)(F)F)oc2ccccc12. The summed E-state index contributed by atoms with van der Waals surface area (Å²) in [5.74, 6) is -0.439. The summed E-state index contributed by atoms with van der Waals surface area (Å²) in [4.78, 5) is 11.5. The lowest BCUT2D eigenvalue weighted by molar-refractivity contribution is -0.156. The van der Waals surface area contributed by atoms with E-state index in [1.54, 1.807) is 12.1 Å². The highest BCUT2D eigenvalue weighted by atomic mass is 19.4. The van der Waals surface area contributed by atoms with Gasteiger partial charge in [-0.25, -0.2) is 0 Å². The van der Waals surface area contributed by atoms with Gasteiger partial charge in [-0.05, 0) is 12.1 Å². The molecule has 0 spiro atoms. The Bertz CT molecular complexity index is 586. The van der Waals surface area contributed by atoms with Crippen LogP contribution in [0, 0.1) is 0 Å². The third-order valence-electron chi connectivity index (χ3n) is 1.99. The van der Waals surface area contributed by atoms with Gasteiger partial charge in [-0.3, -0.25) is 4.79 Å². The second kappa shape index (κ2) is 4.12. The van der Waals surface area contributed by atoms with Gasteiger partial charge in [0.1, 0.15) is 5.58 Å². The Morgan fingerprint density at radius 2 is 1.94 bits per heavy atom. The van der Waals surface area contributed by atoms with E-state index in [1.165, 1.54) is 12.1 Å². The molecule has 0 radical (unpaired) electrons. The molecule has 90 valence electrons. The molecular weight excluding hydrogens is 237 g/mol. The van der Waals surface area contributed by atoms with E-state index in [-0.39, 0.29) is 5.58 Å². The normalized spacial score (nSPS) is 11.7. The summed E-state index contributed by atoms with van der Waals surface area (Å²) in [6.07, 6.45) is -4.47. The van der Waals surface area contributed by atoms with Crippen molar-refractivity contribution < 1.29 is 22.3 Å². The number of fused-ring (bicyclic) bond motifs is 1. The summed E-state index contributed by atoms with van der Waals surface area (Å²) in [7, 11) is 0. The summed E-state index contributed by atoms with van der Waals surface area (Å²) in [6, 6.07) is 7.15. The van der Waals surface area contributed by atoms with Gasteiger partial charge in [0.15, 0.2) is 12.0 Å². The maximum absolute atomic E-state index is 11.9. The van der Waals surface area contributed by atoms with Gasteiger partial charge >= 0.3 is 6.18 Å². The molecule has 0 atom stereocenters. The number of alkyl halides is 3. The molecule has 0 saturated heterocycles. The topological polar surface area (TPSA) is 39.4 Å². The van der Waals surface area contributed by atoms with Crippen molar-refractivity contribution in [3.05, 3.63) is 40.6 Å². The predicted molar refractivity (Wildman–Crippen MR) is 54.0 cm³/mol. The molecule has 0 N–H and O–H groups in total. The first-order valence-corrected chi connectivity index (χ1v) is 4.68. The average Bonchev–Trinajstić information content (AvgIpc) is 2.26. The highest BCUT2D eigenvalue weighted by Gasteiger charge is 2.29. The minimum Gasteiger partial charge on any atom is -0.455 e. The van der Waals surface area contributed by atoms with Gasteiger partial charge in [-0.15, -0.1) is 0 Å². The monoisotopic (exact) mass is 244 g/mol. The Hall–Kier alpha value is -1.98. The first kappa shape index (κ1) is 11.5. The Morgan fingerprint density at radius 1 is 1.24 bits per heavy atom. The summed E-state index contributed by atoms with van der Waals surface area (Å²) < 4.78 is 45.1. The highest BCUT2D eigenvalue weighted by Crippen LogP contribution is 2.20. The fraction of sp³-hybridized carbons (Fsp3) is 0.182. The number of para-hydroxylation sites is 1. The van der Waals surface area contributed by atoms with Crippen LogP contribution in [0.25, 0.3) is 11.0 Å². The van der Waals surface area contributed by atoms with Crippen LogP contribution in [0.4, 0.5) is 13.2 Å². The molecule has 0 amide bonds. The van der Waals surface area contributed by atoms with E-state index < -0.39 is 24.2 Å². The average molecular weight is 244 g/mol. The van der Waals surface area contributed by atoms with Gasteiger partial charge in [0.2, 0.25) is 0 Å². The van der Waals surface area contributed by atoms with Crippen molar-refractivity contribution in [2.45, 2.75) is 6.18 Å². The van der Waals surface area contributed by atoms with Crippen molar-refractivity contribution in [2.24, 2.45) is 0 Å². The number of hydrogen-bond donors (Lipinski definition) is 0. The van der Waals surface area contributed by atoms with Gasteiger partial charge in [-0.1, -0.05) is 12.1 Å². The van der Waals surface area contributed by atoms with Gasteiger partial charge in [0.25, 0.3) is 5.95 Å². The van der Waals surface area contributed by atoms with Gasteiger partial charge < -0.3 is 9.15 Å². The Morgan fingerprint density at radius 3 is 2.65 bits per heavy atom. The van der Waals surface area contributed by atoms with Crippen LogP contribution in [0.15, 0.2) is 39.5 Å². The molecule has 0 aliphatic heterocycles. The highest BCUT2D eigenvalue weighted by molar-refractivity contribution is 5.76. The van der Waals surface area contributed by atoms with Crippen molar-refractivity contribution >= 4 is 11.0 Å². The lowest BCUT2D eigenvalue weighted by atomic mass is 10.2. The molecule has 0 saturated carbocycles. The van der Waals surface area contributed by atoms with Crippen LogP contribution in [0.5, 0.6) is 5.95 Å². The Balaban J connectivity index is 2.34. The summed E-state index contributed by atoms with van der Waals surface area (Å²) in [5, 5.41) is 0.298. The maximum atomic E-state index is 11.9. The smallest absolute Gasteiger partial charge is 0.422 e. The molecule has 1 aromatic carbocycles. The third kappa shape index (κ3) is 2.77. The summed E-state index contributed by atoms with van der Waals surface area (Å²) >= 11 is 0. The fourth-order valence-corrected chi connectivity index (χ4v) is 1.31. The number of benzene rings is 1. The van der Waals surface area contributed by atoms with Gasteiger partial charge in [0.05, 0.1) is 11.5 Å². The standard InChI is InChI=1S/C11H7F3O3/c12-11(13,14)6-16-10-5-8(15)7-3-1-2-4-9(7)17-10/h1-5H,6H2. The molecule has 6 heteroatoms. The van der Waals surface area contributed by atoms with Crippen molar-refractivity contribution in [3.63, 3.8) is 0 Å². The molecule has 2 aromatic rings. The van der Waals surface area contributed by atoms with Crippen LogP contribution in [-0.4, -0.2) is 12.8 Å². The van der Waals surface area contributed by atoms with Crippen molar-refractivity contribution in [1.82, 2.24) is 0 Å². The van der Waals surface area contributed by atoms with E-state index >= 15 is 0 Å². The second-order valence-corrected chi connectivity index (χ2v) is 3.33. The first-order valence-electron chi connectivity index (χ1n) is 4.68. The van der Waals surface area contributed by atoms with Crippen molar-refractivity contribution in [2.75, 3.05) is 6.61 Å². The van der Waals surface area contributed by atoms with Crippen LogP contribution < -0.4 is 10.2 Å². The molecule has 0 unspecified atom stereocenters. The largest absolute Gasteiger partial charge is 0.455 e. The Labute approximate surface area is 93.4 Å². The molecule has 0 aliphatic rings. The molecule has 1 heterocycles. The summed E-state index contributed by atoms with van der Waals surface area (Å²) in [5.41, 5.74) is -0.249. The molecule has 3 nitrogen and oxygen atoms in total.